The van der Waals surface area contributed by atoms with E-state index < -0.39 is 0 Å². The Morgan fingerprint density at radius 3 is 2.76 bits per heavy atom. The smallest absolute Gasteiger partial charge is 0.174 e. The van der Waals surface area contributed by atoms with Crippen LogP contribution >= 0.6 is 11.3 Å². The quantitative estimate of drug-likeness (QED) is 0.539. The lowest BCUT2D eigenvalue weighted by Crippen LogP contribution is -2.07. The molecule has 1 aromatic rings. The number of unbranched alkanes of at least 4 members (excludes halogenated alkanes) is 1. The van der Waals surface area contributed by atoms with E-state index in [0.717, 1.165) is 26.0 Å². The summed E-state index contributed by atoms with van der Waals surface area (Å²) in [6, 6.07) is 2.08. The van der Waals surface area contributed by atoms with Gasteiger partial charge in [0.2, 0.25) is 0 Å². The van der Waals surface area contributed by atoms with E-state index in [1.807, 2.05) is 13.8 Å². The fourth-order valence-electron chi connectivity index (χ4n) is 1.80. The molecule has 0 spiro atoms. The Labute approximate surface area is 130 Å². The largest absolute Gasteiger partial charge is 0.396 e. The second-order valence-electron chi connectivity index (χ2n) is 4.99. The van der Waals surface area contributed by atoms with Gasteiger partial charge in [-0.1, -0.05) is 6.92 Å². The van der Waals surface area contributed by atoms with Gasteiger partial charge in [-0.25, -0.2) is 0 Å². The number of hydrogen-bond acceptors (Lipinski definition) is 6. The van der Waals surface area contributed by atoms with Gasteiger partial charge in [-0.2, -0.15) is 5.26 Å². The van der Waals surface area contributed by atoms with Gasteiger partial charge in [-0.15, -0.1) is 11.3 Å². The molecule has 1 aromatic heterocycles. The van der Waals surface area contributed by atoms with Crippen LogP contribution in [-0.2, 0) is 4.74 Å². The van der Waals surface area contributed by atoms with E-state index in [1.165, 1.54) is 11.3 Å². The molecule has 21 heavy (non-hydrogen) atoms. The number of nitrogens with two attached hydrogens (primary N) is 1. The summed E-state index contributed by atoms with van der Waals surface area (Å²) in [6.07, 6.45) is 2.53. The molecule has 116 valence electrons. The maximum atomic E-state index is 11.8. The molecule has 0 amide bonds. The molecule has 0 saturated heterocycles. The average molecular weight is 309 g/mol. The van der Waals surface area contributed by atoms with Crippen molar-refractivity contribution in [1.29, 1.82) is 5.26 Å². The number of nitriles is 1. The van der Waals surface area contributed by atoms with Gasteiger partial charge in [0.15, 0.2) is 5.78 Å². The second kappa shape index (κ2) is 8.65. The molecule has 0 aromatic carbocycles. The zero-order valence-corrected chi connectivity index (χ0v) is 13.7. The van der Waals surface area contributed by atoms with Crippen LogP contribution in [0.3, 0.4) is 0 Å². The number of rotatable bonds is 9. The first-order valence-electron chi connectivity index (χ1n) is 7.22. The van der Waals surface area contributed by atoms with Gasteiger partial charge >= 0.3 is 0 Å². The van der Waals surface area contributed by atoms with Crippen LogP contribution in [0, 0.1) is 11.3 Å². The number of ether oxygens (including phenoxy) is 1. The van der Waals surface area contributed by atoms with Crippen LogP contribution in [0.25, 0.3) is 0 Å². The summed E-state index contributed by atoms with van der Waals surface area (Å²) >= 11 is 1.27. The molecule has 0 fully saturated rings. The number of carbonyl (C=O) groups excluding carboxylic acids is 1. The number of thiophene rings is 1. The monoisotopic (exact) mass is 309 g/mol. The van der Waals surface area contributed by atoms with E-state index in [1.54, 1.807) is 6.92 Å². The molecule has 0 aliphatic carbocycles. The second-order valence-corrected chi connectivity index (χ2v) is 6.01. The molecule has 0 unspecified atom stereocenters. The molecule has 0 atom stereocenters. The number of carbonyl (C=O) groups is 1. The molecule has 0 aliphatic rings. The summed E-state index contributed by atoms with van der Waals surface area (Å²) in [6.45, 7) is 7.28. The number of hydrogen-bond donors (Lipinski definition) is 2. The van der Waals surface area contributed by atoms with E-state index >= 15 is 0 Å². The maximum absolute atomic E-state index is 11.8. The molecule has 5 nitrogen and oxygen atoms in total. The first-order chi connectivity index (χ1) is 10.0. The van der Waals surface area contributed by atoms with Gasteiger partial charge in [0, 0.05) is 19.6 Å². The third-order valence-corrected chi connectivity index (χ3v) is 4.14. The van der Waals surface area contributed by atoms with Crippen molar-refractivity contribution in [1.82, 2.24) is 0 Å². The molecule has 1 rings (SSSR count). The van der Waals surface area contributed by atoms with E-state index in [0.29, 0.717) is 27.5 Å². The van der Waals surface area contributed by atoms with Crippen molar-refractivity contribution in [2.24, 2.45) is 0 Å². The summed E-state index contributed by atoms with van der Waals surface area (Å²) in [5, 5.41) is 13.1. The van der Waals surface area contributed by atoms with Crippen molar-refractivity contribution in [2.45, 2.75) is 46.1 Å². The average Bonchev–Trinajstić information content (AvgIpc) is 2.77. The summed E-state index contributed by atoms with van der Waals surface area (Å²) in [5.41, 5.74) is 6.57. The Kier molecular flexibility index (Phi) is 7.20. The van der Waals surface area contributed by atoms with Gasteiger partial charge in [-0.3, -0.25) is 4.79 Å². The summed E-state index contributed by atoms with van der Waals surface area (Å²) in [5.74, 6) is -0.0209. The van der Waals surface area contributed by atoms with Crippen LogP contribution in [-0.4, -0.2) is 25.0 Å². The Bertz CT molecular complexity index is 518. The first kappa shape index (κ1) is 17.5. The lowest BCUT2D eigenvalue weighted by Gasteiger charge is -2.07. The van der Waals surface area contributed by atoms with Crippen LogP contribution < -0.4 is 11.1 Å². The highest BCUT2D eigenvalue weighted by molar-refractivity contribution is 7.19. The van der Waals surface area contributed by atoms with E-state index in [2.05, 4.69) is 11.4 Å². The normalized spacial score (nSPS) is 10.6. The van der Waals surface area contributed by atoms with Crippen molar-refractivity contribution < 1.29 is 9.53 Å². The third-order valence-electron chi connectivity index (χ3n) is 2.94. The Hall–Kier alpha value is -1.58. The van der Waals surface area contributed by atoms with Gasteiger partial charge in [-0.05, 0) is 26.7 Å². The molecule has 0 saturated carbocycles. The van der Waals surface area contributed by atoms with Crippen molar-refractivity contribution in [3.8, 4) is 6.07 Å². The molecule has 0 aliphatic heterocycles. The van der Waals surface area contributed by atoms with E-state index in [-0.39, 0.29) is 11.9 Å². The van der Waals surface area contributed by atoms with Gasteiger partial charge in [0.25, 0.3) is 0 Å². The lowest BCUT2D eigenvalue weighted by molar-refractivity contribution is 0.0765. The van der Waals surface area contributed by atoms with E-state index in [9.17, 15) is 10.1 Å². The first-order valence-corrected chi connectivity index (χ1v) is 8.03. The third kappa shape index (κ3) is 5.03. The number of ketones is 1. The fourth-order valence-corrected chi connectivity index (χ4v) is 2.90. The van der Waals surface area contributed by atoms with Crippen LogP contribution in [0.1, 0.15) is 55.3 Å². The van der Waals surface area contributed by atoms with Crippen LogP contribution in [0.2, 0.25) is 0 Å². The minimum atomic E-state index is -0.0209. The van der Waals surface area contributed by atoms with Crippen LogP contribution in [0.5, 0.6) is 0 Å². The minimum Gasteiger partial charge on any atom is -0.396 e. The number of Topliss-reactive ketones (excluding diaryl/α,β-unsaturated/α-hetero) is 1. The summed E-state index contributed by atoms with van der Waals surface area (Å²) < 4.78 is 5.47. The zero-order valence-electron chi connectivity index (χ0n) is 12.9. The maximum Gasteiger partial charge on any atom is 0.174 e. The number of anilines is 2. The van der Waals surface area contributed by atoms with Crippen LogP contribution in [0.15, 0.2) is 0 Å². The fraction of sp³-hybridized carbons (Fsp3) is 0.600. The summed E-state index contributed by atoms with van der Waals surface area (Å²) in [7, 11) is 0. The predicted molar refractivity (Wildman–Crippen MR) is 86.9 cm³/mol. The predicted octanol–water partition coefficient (Wildman–Crippen LogP) is 3.41. The van der Waals surface area contributed by atoms with Gasteiger partial charge in [0.05, 0.1) is 16.7 Å². The molecule has 1 heterocycles. The number of nitrogens with zero attached hydrogens (tertiary/aromatic N) is 1. The topological polar surface area (TPSA) is 88.1 Å². The zero-order chi connectivity index (χ0) is 15.8. The molecule has 0 radical (unpaired) electrons. The highest BCUT2D eigenvalue weighted by Gasteiger charge is 2.19. The lowest BCUT2D eigenvalue weighted by atomic mass is 10.2. The van der Waals surface area contributed by atoms with Crippen molar-refractivity contribution >= 4 is 27.8 Å². The molecule has 6 heteroatoms. The number of nitrogen functional groups attached to an aromatic ring is 1. The van der Waals surface area contributed by atoms with Crippen LogP contribution in [0.4, 0.5) is 10.7 Å². The Balaban J connectivity index is 2.55. The molecular weight excluding hydrogens is 286 g/mol. The van der Waals surface area contributed by atoms with Crippen molar-refractivity contribution in [3.63, 3.8) is 0 Å². The highest BCUT2D eigenvalue weighted by atomic mass is 32.1. The minimum absolute atomic E-state index is 0.0209. The Morgan fingerprint density at radius 2 is 2.19 bits per heavy atom. The van der Waals surface area contributed by atoms with Gasteiger partial charge < -0.3 is 15.8 Å². The van der Waals surface area contributed by atoms with Crippen molar-refractivity contribution in [3.05, 3.63) is 10.4 Å². The van der Waals surface area contributed by atoms with Gasteiger partial charge in [0.1, 0.15) is 16.6 Å². The molecule has 3 N–H and O–H groups in total. The highest BCUT2D eigenvalue weighted by Crippen LogP contribution is 2.35. The molecule has 0 bridgehead atoms. The summed E-state index contributed by atoms with van der Waals surface area (Å²) in [4.78, 5) is 12.3. The SMILES string of the molecule is CCC(=O)c1sc(NCCCCOC(C)C)c(C#N)c1N. The van der Waals surface area contributed by atoms with E-state index in [4.69, 9.17) is 10.5 Å². The Morgan fingerprint density at radius 1 is 1.48 bits per heavy atom. The molecular formula is C15H23N3O2S. The number of nitrogens with one attached hydrogen (secondary N) is 1. The van der Waals surface area contributed by atoms with Crippen molar-refractivity contribution in [2.75, 3.05) is 24.2 Å². The standard InChI is InChI=1S/C15H23N3O2S/c1-4-12(19)14-13(17)11(9-16)15(21-14)18-7-5-6-8-20-10(2)3/h10,18H,4-8,17H2,1-3H3.